The molecule has 1 fully saturated rings. The molecule has 2 rings (SSSR count). The summed E-state index contributed by atoms with van der Waals surface area (Å²) >= 11 is 0. The molecule has 1 saturated heterocycles. The summed E-state index contributed by atoms with van der Waals surface area (Å²) in [5.41, 5.74) is -0.387. The van der Waals surface area contributed by atoms with Crippen molar-refractivity contribution in [3.8, 4) is 0 Å². The van der Waals surface area contributed by atoms with Crippen molar-refractivity contribution in [2.45, 2.75) is 19.3 Å². The fourth-order valence-electron chi connectivity index (χ4n) is 2.29. The Morgan fingerprint density at radius 1 is 1.45 bits per heavy atom. The third-order valence-electron chi connectivity index (χ3n) is 3.36. The van der Waals surface area contributed by atoms with Gasteiger partial charge in [-0.25, -0.2) is 0 Å². The number of nitro benzene ring substituents is 1. The van der Waals surface area contributed by atoms with E-state index >= 15 is 0 Å². The predicted octanol–water partition coefficient (Wildman–Crippen LogP) is 2.06. The minimum absolute atomic E-state index is 0.196. The van der Waals surface area contributed by atoms with E-state index in [4.69, 9.17) is 0 Å². The van der Waals surface area contributed by atoms with Gasteiger partial charge >= 0.3 is 5.69 Å². The second-order valence-corrected chi connectivity index (χ2v) is 4.87. The zero-order valence-electron chi connectivity index (χ0n) is 10.9. The first kappa shape index (κ1) is 14.4. The van der Waals surface area contributed by atoms with Gasteiger partial charge < -0.3 is 10.6 Å². The summed E-state index contributed by atoms with van der Waals surface area (Å²) in [5.74, 6) is -0.782. The molecule has 0 atom stereocenters. The number of hydrogen-bond acceptors (Lipinski definition) is 4. The van der Waals surface area contributed by atoms with E-state index in [1.54, 1.807) is 0 Å². The maximum atomic E-state index is 13.2. The van der Waals surface area contributed by atoms with Gasteiger partial charge in [0.1, 0.15) is 0 Å². The molecule has 0 bridgehead atoms. The van der Waals surface area contributed by atoms with Crippen molar-refractivity contribution >= 4 is 17.3 Å². The Morgan fingerprint density at radius 2 is 2.15 bits per heavy atom. The Morgan fingerprint density at radius 3 is 2.80 bits per heavy atom. The van der Waals surface area contributed by atoms with Crippen LogP contribution in [0.25, 0.3) is 0 Å². The van der Waals surface area contributed by atoms with Crippen LogP contribution in [0.15, 0.2) is 18.2 Å². The van der Waals surface area contributed by atoms with Crippen molar-refractivity contribution in [2.24, 2.45) is 5.92 Å². The Balaban J connectivity index is 1.96. The van der Waals surface area contributed by atoms with Crippen LogP contribution in [-0.4, -0.2) is 23.9 Å². The predicted molar refractivity (Wildman–Crippen MR) is 71.9 cm³/mol. The molecule has 7 heteroatoms. The molecule has 20 heavy (non-hydrogen) atoms. The molecule has 1 aromatic rings. The number of carbonyl (C=O) groups excluding carboxylic acids is 1. The molecule has 1 aromatic carbocycles. The summed E-state index contributed by atoms with van der Waals surface area (Å²) in [7, 11) is 0. The summed E-state index contributed by atoms with van der Waals surface area (Å²) in [6, 6.07) is 3.34. The molecular formula is C13H16FN3O3. The molecule has 0 aliphatic carbocycles. The quantitative estimate of drug-likeness (QED) is 0.653. The molecule has 1 aliphatic heterocycles. The molecule has 0 saturated carbocycles. The molecular weight excluding hydrogens is 265 g/mol. The van der Waals surface area contributed by atoms with Gasteiger partial charge in [0.25, 0.3) is 0 Å². The second-order valence-electron chi connectivity index (χ2n) is 4.87. The van der Waals surface area contributed by atoms with E-state index in [9.17, 15) is 19.3 Å². The van der Waals surface area contributed by atoms with Gasteiger partial charge in [0.05, 0.1) is 4.92 Å². The van der Waals surface area contributed by atoms with Crippen LogP contribution in [0.2, 0.25) is 0 Å². The molecule has 0 radical (unpaired) electrons. The minimum Gasteiger partial charge on any atom is -0.326 e. The first-order valence-electron chi connectivity index (χ1n) is 6.51. The highest BCUT2D eigenvalue weighted by Gasteiger charge is 2.18. The Hall–Kier alpha value is -2.02. The number of nitrogens with zero attached hydrogens (tertiary/aromatic N) is 1. The number of nitrogens with one attached hydrogen (secondary N) is 2. The zero-order chi connectivity index (χ0) is 14.5. The molecule has 0 spiro atoms. The monoisotopic (exact) mass is 281 g/mol. The molecule has 1 heterocycles. The van der Waals surface area contributed by atoms with Crippen molar-refractivity contribution < 1.29 is 14.1 Å². The molecule has 2 N–H and O–H groups in total. The summed E-state index contributed by atoms with van der Waals surface area (Å²) in [4.78, 5) is 21.7. The molecule has 1 amide bonds. The molecule has 0 aromatic heterocycles. The van der Waals surface area contributed by atoms with Crippen LogP contribution < -0.4 is 10.6 Å². The highest BCUT2D eigenvalue weighted by Crippen LogP contribution is 2.22. The summed E-state index contributed by atoms with van der Waals surface area (Å²) in [6.45, 7) is 1.81. The minimum atomic E-state index is -0.911. The standard InChI is InChI=1S/C13H16FN3O3/c14-11-2-1-10(8-12(11)17(19)20)16-13(18)7-9-3-5-15-6-4-9/h1-2,8-9,15H,3-7H2,(H,16,18). The van der Waals surface area contributed by atoms with Crippen molar-refractivity contribution in [1.29, 1.82) is 0 Å². The highest BCUT2D eigenvalue weighted by atomic mass is 19.1. The van der Waals surface area contributed by atoms with Crippen molar-refractivity contribution in [3.63, 3.8) is 0 Å². The van der Waals surface area contributed by atoms with Gasteiger partial charge in [-0.1, -0.05) is 0 Å². The van der Waals surface area contributed by atoms with Crippen LogP contribution in [0, 0.1) is 21.8 Å². The van der Waals surface area contributed by atoms with E-state index in [2.05, 4.69) is 10.6 Å². The number of piperidine rings is 1. The van der Waals surface area contributed by atoms with Gasteiger partial charge in [-0.3, -0.25) is 14.9 Å². The molecule has 108 valence electrons. The Bertz CT molecular complexity index is 516. The van der Waals surface area contributed by atoms with E-state index in [1.807, 2.05) is 0 Å². The summed E-state index contributed by atoms with van der Waals surface area (Å²) in [5, 5.41) is 16.4. The van der Waals surface area contributed by atoms with Crippen molar-refractivity contribution in [1.82, 2.24) is 5.32 Å². The molecule has 6 nitrogen and oxygen atoms in total. The lowest BCUT2D eigenvalue weighted by Crippen LogP contribution is -2.30. The van der Waals surface area contributed by atoms with E-state index in [0.717, 1.165) is 38.1 Å². The second kappa shape index (κ2) is 6.42. The van der Waals surface area contributed by atoms with Crippen LogP contribution in [0.5, 0.6) is 0 Å². The highest BCUT2D eigenvalue weighted by molar-refractivity contribution is 5.91. The first-order valence-corrected chi connectivity index (χ1v) is 6.51. The smallest absolute Gasteiger partial charge is 0.306 e. The normalized spacial score (nSPS) is 15.8. The average Bonchev–Trinajstić information content (AvgIpc) is 2.41. The largest absolute Gasteiger partial charge is 0.326 e. The van der Waals surface area contributed by atoms with Gasteiger partial charge in [0.2, 0.25) is 11.7 Å². The zero-order valence-corrected chi connectivity index (χ0v) is 10.9. The number of carbonyl (C=O) groups is 1. The van der Waals surface area contributed by atoms with Crippen LogP contribution in [0.4, 0.5) is 15.8 Å². The van der Waals surface area contributed by atoms with Crippen LogP contribution >= 0.6 is 0 Å². The summed E-state index contributed by atoms with van der Waals surface area (Å²) in [6.07, 6.45) is 2.26. The summed E-state index contributed by atoms with van der Waals surface area (Å²) < 4.78 is 13.2. The average molecular weight is 281 g/mol. The fourth-order valence-corrected chi connectivity index (χ4v) is 2.29. The van der Waals surface area contributed by atoms with Crippen LogP contribution in [0.1, 0.15) is 19.3 Å². The molecule has 0 unspecified atom stereocenters. The van der Waals surface area contributed by atoms with Crippen LogP contribution in [-0.2, 0) is 4.79 Å². The first-order chi connectivity index (χ1) is 9.56. The maximum absolute atomic E-state index is 13.2. The Labute approximate surface area is 115 Å². The lowest BCUT2D eigenvalue weighted by Gasteiger charge is -2.21. The van der Waals surface area contributed by atoms with Gasteiger partial charge in [-0.2, -0.15) is 4.39 Å². The third-order valence-corrected chi connectivity index (χ3v) is 3.36. The van der Waals surface area contributed by atoms with Gasteiger partial charge in [0.15, 0.2) is 0 Å². The number of halogens is 1. The van der Waals surface area contributed by atoms with Crippen LogP contribution in [0.3, 0.4) is 0 Å². The number of amides is 1. The SMILES string of the molecule is O=C(CC1CCNCC1)Nc1ccc(F)c([N+](=O)[O-])c1. The lowest BCUT2D eigenvalue weighted by atomic mass is 9.94. The van der Waals surface area contributed by atoms with E-state index in [-0.39, 0.29) is 11.6 Å². The fraction of sp³-hybridized carbons (Fsp3) is 0.462. The van der Waals surface area contributed by atoms with Gasteiger partial charge in [-0.05, 0) is 44.0 Å². The Kier molecular flexibility index (Phi) is 4.62. The van der Waals surface area contributed by atoms with E-state index in [0.29, 0.717) is 12.3 Å². The molecule has 1 aliphatic rings. The van der Waals surface area contributed by atoms with E-state index < -0.39 is 16.4 Å². The number of anilines is 1. The van der Waals surface area contributed by atoms with Gasteiger partial charge in [-0.15, -0.1) is 0 Å². The maximum Gasteiger partial charge on any atom is 0.306 e. The van der Waals surface area contributed by atoms with Gasteiger partial charge in [0, 0.05) is 18.2 Å². The number of nitro groups is 1. The number of rotatable bonds is 4. The number of hydrogen-bond donors (Lipinski definition) is 2. The third kappa shape index (κ3) is 3.74. The lowest BCUT2D eigenvalue weighted by molar-refractivity contribution is -0.387. The van der Waals surface area contributed by atoms with E-state index in [1.165, 1.54) is 6.07 Å². The van der Waals surface area contributed by atoms with Crippen molar-refractivity contribution in [3.05, 3.63) is 34.1 Å². The number of benzene rings is 1. The topological polar surface area (TPSA) is 84.3 Å². The van der Waals surface area contributed by atoms with Crippen molar-refractivity contribution in [2.75, 3.05) is 18.4 Å².